The Morgan fingerprint density at radius 3 is 2.59 bits per heavy atom. The highest BCUT2D eigenvalue weighted by molar-refractivity contribution is 9.10. The Morgan fingerprint density at radius 1 is 1.30 bits per heavy atom. The van der Waals surface area contributed by atoms with Gasteiger partial charge in [-0.05, 0) is 51.5 Å². The predicted molar refractivity (Wildman–Crippen MR) is 108 cm³/mol. The van der Waals surface area contributed by atoms with Crippen LogP contribution in [0.3, 0.4) is 0 Å². The quantitative estimate of drug-likeness (QED) is 0.489. The molecule has 2 aromatic rings. The lowest BCUT2D eigenvalue weighted by molar-refractivity contribution is -0.122. The molecule has 0 aliphatic rings. The largest absolute Gasteiger partial charge is 0.481 e. The summed E-state index contributed by atoms with van der Waals surface area (Å²) in [5, 5.41) is 2.97. The number of thiophene rings is 1. The molecule has 1 amide bonds. The number of hydrogen-bond acceptors (Lipinski definition) is 6. The Morgan fingerprint density at radius 2 is 2.00 bits per heavy atom. The standard InChI is InChI=1S/C19H20BrNO5S/c1-5-25-19(24)15-10(2)16(11(3)22)27-18(15)21-17(23)12(4)26-14-8-6-7-13(20)9-14/h6-9,12H,5H2,1-4H3,(H,21,23). The number of ether oxygens (including phenoxy) is 2. The molecule has 1 N–H and O–H groups in total. The SMILES string of the molecule is CCOC(=O)c1c(NC(=O)C(C)Oc2cccc(Br)c2)sc(C(C)=O)c1C. The maximum Gasteiger partial charge on any atom is 0.341 e. The number of benzene rings is 1. The molecule has 0 saturated heterocycles. The van der Waals surface area contributed by atoms with Crippen molar-refractivity contribution in [3.05, 3.63) is 44.7 Å². The molecule has 1 unspecified atom stereocenters. The first-order chi connectivity index (χ1) is 12.7. The topological polar surface area (TPSA) is 81.7 Å². The lowest BCUT2D eigenvalue weighted by Gasteiger charge is -2.15. The fourth-order valence-electron chi connectivity index (χ4n) is 2.40. The highest BCUT2D eigenvalue weighted by atomic mass is 79.9. The van der Waals surface area contributed by atoms with Crippen molar-refractivity contribution in [1.82, 2.24) is 0 Å². The molecular weight excluding hydrogens is 434 g/mol. The molecule has 27 heavy (non-hydrogen) atoms. The van der Waals surface area contributed by atoms with Gasteiger partial charge in [-0.1, -0.05) is 22.0 Å². The van der Waals surface area contributed by atoms with E-state index in [-0.39, 0.29) is 23.0 Å². The van der Waals surface area contributed by atoms with Crippen molar-refractivity contribution in [3.63, 3.8) is 0 Å². The smallest absolute Gasteiger partial charge is 0.341 e. The number of rotatable bonds is 7. The van der Waals surface area contributed by atoms with Gasteiger partial charge in [0.25, 0.3) is 5.91 Å². The molecule has 0 aliphatic carbocycles. The molecule has 1 heterocycles. The second-order valence-corrected chi connectivity index (χ2v) is 7.68. The van der Waals surface area contributed by atoms with Gasteiger partial charge in [0, 0.05) is 4.47 Å². The predicted octanol–water partition coefficient (Wildman–Crippen LogP) is 4.60. The van der Waals surface area contributed by atoms with E-state index in [1.165, 1.54) is 6.92 Å². The highest BCUT2D eigenvalue weighted by Gasteiger charge is 2.26. The van der Waals surface area contributed by atoms with E-state index >= 15 is 0 Å². The maximum absolute atomic E-state index is 12.5. The Bertz CT molecular complexity index is 877. The minimum absolute atomic E-state index is 0.179. The summed E-state index contributed by atoms with van der Waals surface area (Å²) in [6.45, 7) is 6.57. The van der Waals surface area contributed by atoms with Crippen LogP contribution in [-0.2, 0) is 9.53 Å². The average Bonchev–Trinajstić information content (AvgIpc) is 2.91. The van der Waals surface area contributed by atoms with E-state index in [9.17, 15) is 14.4 Å². The maximum atomic E-state index is 12.5. The van der Waals surface area contributed by atoms with E-state index in [4.69, 9.17) is 9.47 Å². The van der Waals surface area contributed by atoms with Gasteiger partial charge in [-0.15, -0.1) is 11.3 Å². The van der Waals surface area contributed by atoms with Crippen molar-refractivity contribution in [3.8, 4) is 5.75 Å². The van der Waals surface area contributed by atoms with Gasteiger partial charge in [0.15, 0.2) is 11.9 Å². The minimum atomic E-state index is -0.808. The van der Waals surface area contributed by atoms with E-state index in [2.05, 4.69) is 21.2 Å². The van der Waals surface area contributed by atoms with Gasteiger partial charge in [0.1, 0.15) is 10.8 Å². The number of amides is 1. The van der Waals surface area contributed by atoms with Gasteiger partial charge >= 0.3 is 5.97 Å². The number of esters is 1. The van der Waals surface area contributed by atoms with Crippen molar-refractivity contribution in [2.75, 3.05) is 11.9 Å². The normalized spacial score (nSPS) is 11.6. The van der Waals surface area contributed by atoms with Crippen LogP contribution >= 0.6 is 27.3 Å². The number of nitrogens with one attached hydrogen (secondary N) is 1. The zero-order valence-electron chi connectivity index (χ0n) is 15.4. The molecule has 0 fully saturated rings. The van der Waals surface area contributed by atoms with Crippen LogP contribution in [0.15, 0.2) is 28.7 Å². The molecule has 2 rings (SSSR count). The summed E-state index contributed by atoms with van der Waals surface area (Å²) in [5.74, 6) is -0.655. The number of halogens is 1. The van der Waals surface area contributed by atoms with Crippen molar-refractivity contribution in [2.45, 2.75) is 33.8 Å². The van der Waals surface area contributed by atoms with Crippen LogP contribution in [0.1, 0.15) is 46.4 Å². The average molecular weight is 454 g/mol. The Hall–Kier alpha value is -2.19. The summed E-state index contributed by atoms with van der Waals surface area (Å²) >= 11 is 4.40. The van der Waals surface area contributed by atoms with Crippen LogP contribution in [-0.4, -0.2) is 30.4 Å². The molecule has 0 aliphatic heterocycles. The van der Waals surface area contributed by atoms with E-state index in [0.29, 0.717) is 16.2 Å². The summed E-state index contributed by atoms with van der Waals surface area (Å²) in [6, 6.07) is 7.13. The number of Topliss-reactive ketones (excluding diaryl/α,β-unsaturated/α-hetero) is 1. The monoisotopic (exact) mass is 453 g/mol. The van der Waals surface area contributed by atoms with Crippen molar-refractivity contribution in [2.24, 2.45) is 0 Å². The van der Waals surface area contributed by atoms with Gasteiger partial charge in [-0.2, -0.15) is 0 Å². The molecule has 0 bridgehead atoms. The van der Waals surface area contributed by atoms with E-state index in [1.807, 2.05) is 6.07 Å². The summed E-state index contributed by atoms with van der Waals surface area (Å²) < 4.78 is 11.5. The minimum Gasteiger partial charge on any atom is -0.481 e. The number of carbonyl (C=O) groups excluding carboxylic acids is 3. The molecule has 144 valence electrons. The van der Waals surface area contributed by atoms with E-state index in [0.717, 1.165) is 15.8 Å². The number of carbonyl (C=O) groups is 3. The third-order valence-electron chi connectivity index (χ3n) is 3.66. The summed E-state index contributed by atoms with van der Waals surface area (Å²) in [6.07, 6.45) is -0.808. The molecule has 6 nitrogen and oxygen atoms in total. The summed E-state index contributed by atoms with van der Waals surface area (Å²) in [4.78, 5) is 37.1. The first-order valence-corrected chi connectivity index (χ1v) is 9.90. The third-order valence-corrected chi connectivity index (χ3v) is 5.46. The molecule has 1 aromatic carbocycles. The fraction of sp³-hybridized carbons (Fsp3) is 0.316. The second kappa shape index (κ2) is 9.14. The first-order valence-electron chi connectivity index (χ1n) is 8.29. The number of ketones is 1. The lowest BCUT2D eigenvalue weighted by Crippen LogP contribution is -2.30. The van der Waals surface area contributed by atoms with Gasteiger partial charge in [-0.25, -0.2) is 4.79 Å². The Balaban J connectivity index is 2.24. The van der Waals surface area contributed by atoms with Gasteiger partial charge in [-0.3, -0.25) is 9.59 Å². The number of anilines is 1. The first kappa shape index (κ1) is 21.1. The van der Waals surface area contributed by atoms with Crippen molar-refractivity contribution in [1.29, 1.82) is 0 Å². The summed E-state index contributed by atoms with van der Waals surface area (Å²) in [7, 11) is 0. The van der Waals surface area contributed by atoms with Crippen LogP contribution in [0.5, 0.6) is 5.75 Å². The number of hydrogen-bond donors (Lipinski definition) is 1. The molecule has 0 radical (unpaired) electrons. The zero-order valence-corrected chi connectivity index (χ0v) is 17.8. The van der Waals surface area contributed by atoms with Crippen LogP contribution in [0.25, 0.3) is 0 Å². The Kier molecular flexibility index (Phi) is 7.15. The second-order valence-electron chi connectivity index (χ2n) is 5.74. The van der Waals surface area contributed by atoms with Crippen molar-refractivity contribution >= 4 is 49.9 Å². The fourth-order valence-corrected chi connectivity index (χ4v) is 3.87. The molecule has 0 saturated carbocycles. The van der Waals surface area contributed by atoms with Gasteiger partial charge in [0.05, 0.1) is 17.0 Å². The molecular formula is C19H20BrNO5S. The van der Waals surface area contributed by atoms with Crippen LogP contribution in [0, 0.1) is 6.92 Å². The van der Waals surface area contributed by atoms with Crippen molar-refractivity contribution < 1.29 is 23.9 Å². The van der Waals surface area contributed by atoms with Crippen LogP contribution in [0.4, 0.5) is 5.00 Å². The van der Waals surface area contributed by atoms with Gasteiger partial charge < -0.3 is 14.8 Å². The molecule has 0 spiro atoms. The Labute approximate surface area is 170 Å². The van der Waals surface area contributed by atoms with Crippen LogP contribution < -0.4 is 10.1 Å². The summed E-state index contributed by atoms with van der Waals surface area (Å²) in [5.41, 5.74) is 0.705. The third kappa shape index (κ3) is 5.17. The van der Waals surface area contributed by atoms with Gasteiger partial charge in [0.2, 0.25) is 0 Å². The molecule has 1 aromatic heterocycles. The highest BCUT2D eigenvalue weighted by Crippen LogP contribution is 2.34. The molecule has 8 heteroatoms. The zero-order chi connectivity index (χ0) is 20.1. The lowest BCUT2D eigenvalue weighted by atomic mass is 10.1. The van der Waals surface area contributed by atoms with E-state index in [1.54, 1.807) is 39.0 Å². The molecule has 1 atom stereocenters. The van der Waals surface area contributed by atoms with E-state index < -0.39 is 18.0 Å². The van der Waals surface area contributed by atoms with Crippen LogP contribution in [0.2, 0.25) is 0 Å².